The van der Waals surface area contributed by atoms with Gasteiger partial charge in [-0.1, -0.05) is 29.8 Å². The average Bonchev–Trinajstić information content (AvgIpc) is 2.35. The van der Waals surface area contributed by atoms with Crippen LogP contribution in [-0.2, 0) is 15.8 Å². The van der Waals surface area contributed by atoms with Crippen LogP contribution in [0.3, 0.4) is 0 Å². The van der Waals surface area contributed by atoms with Crippen molar-refractivity contribution in [3.8, 4) is 0 Å². The van der Waals surface area contributed by atoms with Crippen molar-refractivity contribution in [3.05, 3.63) is 47.1 Å². The maximum Gasteiger partial charge on any atom is 0.238 e. The highest BCUT2D eigenvalue weighted by molar-refractivity contribution is 7.91. The molecule has 0 amide bonds. The van der Waals surface area contributed by atoms with Gasteiger partial charge in [0, 0.05) is 5.69 Å². The highest BCUT2D eigenvalue weighted by Crippen LogP contribution is 2.16. The molecule has 0 unspecified atom stereocenters. The fraction of sp³-hybridized carbons (Fsp3) is 0.0909. The molecule has 0 spiro atoms. The molecule has 0 atom stereocenters. The molecule has 1 aromatic carbocycles. The molecule has 6 nitrogen and oxygen atoms in total. The molecule has 0 saturated carbocycles. The summed E-state index contributed by atoms with van der Waals surface area (Å²) in [6.07, 6.45) is 0. The van der Waals surface area contributed by atoms with E-state index in [2.05, 4.69) is 14.9 Å². The Balaban J connectivity index is 2.15. The summed E-state index contributed by atoms with van der Waals surface area (Å²) in [5.74, 6) is -0.122. The largest absolute Gasteiger partial charge is 0.398 e. The molecule has 0 bridgehead atoms. The number of hydrogen-bond acceptors (Lipinski definition) is 5. The third-order valence-corrected chi connectivity index (χ3v) is 3.71. The summed E-state index contributed by atoms with van der Waals surface area (Å²) in [4.78, 5) is 0. The average molecular weight is 299 g/mol. The number of nitrogens with one attached hydrogen (secondary N) is 1. The van der Waals surface area contributed by atoms with Gasteiger partial charge in [0.15, 0.2) is 11.0 Å². The highest BCUT2D eigenvalue weighted by Gasteiger charge is 2.14. The van der Waals surface area contributed by atoms with Gasteiger partial charge in [-0.3, -0.25) is 4.72 Å². The molecule has 0 saturated heterocycles. The van der Waals surface area contributed by atoms with Crippen LogP contribution >= 0.6 is 11.6 Å². The van der Waals surface area contributed by atoms with Crippen molar-refractivity contribution in [2.24, 2.45) is 0 Å². The molecule has 3 N–H and O–H groups in total. The molecular weight excluding hydrogens is 288 g/mol. The predicted octanol–water partition coefficient (Wildman–Crippen LogP) is 1.65. The number of nitrogen functional groups attached to an aromatic ring is 1. The van der Waals surface area contributed by atoms with Crippen LogP contribution in [0.5, 0.6) is 0 Å². The lowest BCUT2D eigenvalue weighted by molar-refractivity contribution is 0.600. The Labute approximate surface area is 115 Å². The molecule has 100 valence electrons. The van der Waals surface area contributed by atoms with Crippen LogP contribution in [0.15, 0.2) is 36.4 Å². The molecule has 0 aliphatic heterocycles. The lowest BCUT2D eigenvalue weighted by atomic mass is 10.2. The lowest BCUT2D eigenvalue weighted by Crippen LogP contribution is -2.17. The van der Waals surface area contributed by atoms with Gasteiger partial charge in [0.2, 0.25) is 10.0 Å². The van der Waals surface area contributed by atoms with Crippen molar-refractivity contribution in [1.29, 1.82) is 0 Å². The number of rotatable bonds is 4. The summed E-state index contributed by atoms with van der Waals surface area (Å²) in [5.41, 5.74) is 6.65. The second kappa shape index (κ2) is 5.41. The summed E-state index contributed by atoms with van der Waals surface area (Å²) in [6, 6.07) is 9.65. The molecule has 8 heteroatoms. The number of halogens is 1. The second-order valence-corrected chi connectivity index (χ2v) is 5.91. The molecule has 0 fully saturated rings. The third-order valence-electron chi connectivity index (χ3n) is 2.29. The van der Waals surface area contributed by atoms with E-state index in [4.69, 9.17) is 17.3 Å². The topological polar surface area (TPSA) is 98.0 Å². The Morgan fingerprint density at radius 1 is 1.16 bits per heavy atom. The van der Waals surface area contributed by atoms with E-state index in [1.165, 1.54) is 12.1 Å². The normalized spacial score (nSPS) is 11.2. The Kier molecular flexibility index (Phi) is 3.87. The van der Waals surface area contributed by atoms with E-state index in [9.17, 15) is 8.42 Å². The minimum atomic E-state index is -3.60. The van der Waals surface area contributed by atoms with E-state index in [1.54, 1.807) is 24.3 Å². The first-order chi connectivity index (χ1) is 8.96. The van der Waals surface area contributed by atoms with Gasteiger partial charge in [0.25, 0.3) is 0 Å². The van der Waals surface area contributed by atoms with Crippen molar-refractivity contribution in [2.45, 2.75) is 5.75 Å². The third kappa shape index (κ3) is 3.80. The zero-order valence-corrected chi connectivity index (χ0v) is 11.3. The van der Waals surface area contributed by atoms with Gasteiger partial charge in [-0.15, -0.1) is 10.2 Å². The summed E-state index contributed by atoms with van der Waals surface area (Å²) >= 11 is 5.57. The van der Waals surface area contributed by atoms with Crippen LogP contribution in [0.1, 0.15) is 5.56 Å². The smallest absolute Gasteiger partial charge is 0.238 e. The summed E-state index contributed by atoms with van der Waals surface area (Å²) in [6.45, 7) is 0. The van der Waals surface area contributed by atoms with Gasteiger partial charge in [0.05, 0.1) is 5.75 Å². The molecular formula is C11H11ClN4O2S. The number of hydrogen-bond donors (Lipinski definition) is 2. The number of nitrogens with two attached hydrogens (primary N) is 1. The quantitative estimate of drug-likeness (QED) is 0.836. The van der Waals surface area contributed by atoms with Crippen molar-refractivity contribution in [2.75, 3.05) is 10.5 Å². The molecule has 0 aliphatic rings. The summed E-state index contributed by atoms with van der Waals surface area (Å²) in [5, 5.41) is 7.37. The van der Waals surface area contributed by atoms with E-state index in [0.29, 0.717) is 11.3 Å². The van der Waals surface area contributed by atoms with Gasteiger partial charge < -0.3 is 5.73 Å². The van der Waals surface area contributed by atoms with Gasteiger partial charge >= 0.3 is 0 Å². The van der Waals surface area contributed by atoms with Crippen LogP contribution in [-0.4, -0.2) is 18.6 Å². The monoisotopic (exact) mass is 298 g/mol. The standard InChI is InChI=1S/C11H11ClN4O2S/c12-10-5-6-11(15-14-10)16-19(17,18)7-8-3-1-2-4-9(8)13/h1-6H,7,13H2,(H,15,16). The number of nitrogens with zero attached hydrogens (tertiary/aromatic N) is 2. The maximum absolute atomic E-state index is 11.9. The highest BCUT2D eigenvalue weighted by atomic mass is 35.5. The van der Waals surface area contributed by atoms with E-state index < -0.39 is 10.0 Å². The number of aromatic nitrogens is 2. The van der Waals surface area contributed by atoms with Gasteiger partial charge in [-0.05, 0) is 23.8 Å². The minimum Gasteiger partial charge on any atom is -0.398 e. The first kappa shape index (κ1) is 13.6. The number of sulfonamides is 1. The molecule has 2 rings (SSSR count). The Morgan fingerprint density at radius 3 is 2.53 bits per heavy atom. The molecule has 0 radical (unpaired) electrons. The van der Waals surface area contributed by atoms with Crippen LogP contribution < -0.4 is 10.5 Å². The summed E-state index contributed by atoms with van der Waals surface area (Å²) < 4.78 is 26.2. The number of anilines is 2. The maximum atomic E-state index is 11.9. The lowest BCUT2D eigenvalue weighted by Gasteiger charge is -2.08. The molecule has 19 heavy (non-hydrogen) atoms. The number of para-hydroxylation sites is 1. The van der Waals surface area contributed by atoms with Gasteiger partial charge in [-0.2, -0.15) is 0 Å². The second-order valence-electron chi connectivity index (χ2n) is 3.80. The molecule has 1 heterocycles. The van der Waals surface area contributed by atoms with Crippen LogP contribution in [0.2, 0.25) is 5.15 Å². The van der Waals surface area contributed by atoms with Crippen LogP contribution in [0.4, 0.5) is 11.5 Å². The SMILES string of the molecule is Nc1ccccc1CS(=O)(=O)Nc1ccc(Cl)nn1. The molecule has 2 aromatic rings. The van der Waals surface area contributed by atoms with Gasteiger partial charge in [-0.25, -0.2) is 8.42 Å². The van der Waals surface area contributed by atoms with Crippen LogP contribution in [0.25, 0.3) is 0 Å². The van der Waals surface area contributed by atoms with E-state index in [1.807, 2.05) is 0 Å². The van der Waals surface area contributed by atoms with E-state index >= 15 is 0 Å². The predicted molar refractivity (Wildman–Crippen MR) is 74.1 cm³/mol. The zero-order valence-electron chi connectivity index (χ0n) is 9.75. The van der Waals surface area contributed by atoms with E-state index in [-0.39, 0.29) is 16.7 Å². The Hall–Kier alpha value is -1.86. The molecule has 0 aliphatic carbocycles. The van der Waals surface area contributed by atoms with Crippen molar-refractivity contribution in [3.63, 3.8) is 0 Å². The fourth-order valence-electron chi connectivity index (χ4n) is 1.44. The zero-order chi connectivity index (χ0) is 13.9. The van der Waals surface area contributed by atoms with E-state index in [0.717, 1.165) is 0 Å². The summed E-state index contributed by atoms with van der Waals surface area (Å²) in [7, 11) is -3.60. The van der Waals surface area contributed by atoms with Crippen molar-refractivity contribution in [1.82, 2.24) is 10.2 Å². The fourth-order valence-corrected chi connectivity index (χ4v) is 2.71. The minimum absolute atomic E-state index is 0.110. The first-order valence-corrected chi connectivity index (χ1v) is 7.32. The van der Waals surface area contributed by atoms with Crippen molar-refractivity contribution < 1.29 is 8.42 Å². The van der Waals surface area contributed by atoms with Crippen molar-refractivity contribution >= 4 is 33.1 Å². The van der Waals surface area contributed by atoms with Crippen LogP contribution in [0, 0.1) is 0 Å². The first-order valence-electron chi connectivity index (χ1n) is 5.29. The molecule has 1 aromatic heterocycles. The Morgan fingerprint density at radius 2 is 1.89 bits per heavy atom. The number of benzene rings is 1. The van der Waals surface area contributed by atoms with Gasteiger partial charge in [0.1, 0.15) is 0 Å². The Bertz CT molecular complexity index is 673.